The highest BCUT2D eigenvalue weighted by Gasteiger charge is 2.38. The van der Waals surface area contributed by atoms with Gasteiger partial charge in [-0.25, -0.2) is 0 Å². The van der Waals surface area contributed by atoms with Gasteiger partial charge in [0.05, 0.1) is 0 Å². The van der Waals surface area contributed by atoms with Gasteiger partial charge in [0, 0.05) is 25.2 Å². The summed E-state index contributed by atoms with van der Waals surface area (Å²) in [7, 11) is -4.70. The summed E-state index contributed by atoms with van der Waals surface area (Å²) in [6.07, 6.45) is 3.48. The SMILES string of the molecule is N[C@H]1CN(S(=O)(=O)NC2CC2)C[C@@H]1CCCB(O)O. The van der Waals surface area contributed by atoms with E-state index >= 15 is 0 Å². The van der Waals surface area contributed by atoms with Crippen molar-refractivity contribution in [3.8, 4) is 0 Å². The second-order valence-electron chi connectivity index (χ2n) is 5.55. The van der Waals surface area contributed by atoms with Gasteiger partial charge in [-0.2, -0.15) is 17.4 Å². The fraction of sp³-hybridized carbons (Fsp3) is 1.00. The van der Waals surface area contributed by atoms with E-state index in [4.69, 9.17) is 15.8 Å². The van der Waals surface area contributed by atoms with Crippen molar-refractivity contribution in [2.75, 3.05) is 13.1 Å². The Balaban J connectivity index is 1.82. The zero-order valence-corrected chi connectivity index (χ0v) is 11.7. The van der Waals surface area contributed by atoms with Crippen molar-refractivity contribution in [1.82, 2.24) is 9.03 Å². The van der Waals surface area contributed by atoms with Crippen LogP contribution in [0.1, 0.15) is 25.7 Å². The third kappa shape index (κ3) is 4.40. The van der Waals surface area contributed by atoms with Gasteiger partial charge in [-0.05, 0) is 31.5 Å². The van der Waals surface area contributed by atoms with Crippen molar-refractivity contribution in [3.63, 3.8) is 0 Å². The van der Waals surface area contributed by atoms with Crippen LogP contribution in [0.3, 0.4) is 0 Å². The molecule has 1 heterocycles. The Hall–Kier alpha value is -0.185. The van der Waals surface area contributed by atoms with E-state index in [2.05, 4.69) is 4.72 Å². The first-order valence-corrected chi connectivity index (χ1v) is 8.21. The molecule has 19 heavy (non-hydrogen) atoms. The molecule has 1 saturated heterocycles. The van der Waals surface area contributed by atoms with Crippen LogP contribution < -0.4 is 10.5 Å². The van der Waals surface area contributed by atoms with Gasteiger partial charge < -0.3 is 15.8 Å². The number of hydrogen-bond acceptors (Lipinski definition) is 5. The molecular formula is C10H22BN3O4S. The molecular weight excluding hydrogens is 269 g/mol. The Morgan fingerprint density at radius 1 is 1.32 bits per heavy atom. The maximum absolute atomic E-state index is 12.0. The van der Waals surface area contributed by atoms with Crippen molar-refractivity contribution >= 4 is 17.3 Å². The Labute approximate surface area is 114 Å². The Morgan fingerprint density at radius 2 is 2.00 bits per heavy atom. The second-order valence-corrected chi connectivity index (χ2v) is 7.25. The zero-order valence-electron chi connectivity index (χ0n) is 10.9. The van der Waals surface area contributed by atoms with Gasteiger partial charge in [0.2, 0.25) is 0 Å². The average molecular weight is 291 g/mol. The van der Waals surface area contributed by atoms with Gasteiger partial charge in [0.1, 0.15) is 0 Å². The number of nitrogens with two attached hydrogens (primary N) is 1. The number of rotatable bonds is 7. The number of nitrogens with zero attached hydrogens (tertiary/aromatic N) is 1. The van der Waals surface area contributed by atoms with Crippen molar-refractivity contribution < 1.29 is 18.5 Å². The van der Waals surface area contributed by atoms with Crippen molar-refractivity contribution in [2.45, 2.75) is 44.1 Å². The molecule has 7 nitrogen and oxygen atoms in total. The quantitative estimate of drug-likeness (QED) is 0.426. The van der Waals surface area contributed by atoms with Crippen LogP contribution in [0.4, 0.5) is 0 Å². The lowest BCUT2D eigenvalue weighted by atomic mass is 9.82. The molecule has 0 unspecified atom stereocenters. The van der Waals surface area contributed by atoms with E-state index in [1.54, 1.807) is 0 Å². The fourth-order valence-corrected chi connectivity index (χ4v) is 3.97. The van der Waals surface area contributed by atoms with E-state index in [1.807, 2.05) is 0 Å². The minimum Gasteiger partial charge on any atom is -0.427 e. The molecule has 0 aromatic heterocycles. The lowest BCUT2D eigenvalue weighted by molar-refractivity contribution is 0.390. The highest BCUT2D eigenvalue weighted by atomic mass is 32.2. The molecule has 5 N–H and O–H groups in total. The lowest BCUT2D eigenvalue weighted by Gasteiger charge is -2.16. The summed E-state index contributed by atoms with van der Waals surface area (Å²) in [5, 5.41) is 17.6. The molecule has 0 aromatic carbocycles. The van der Waals surface area contributed by atoms with Crippen LogP contribution in [0.2, 0.25) is 6.32 Å². The van der Waals surface area contributed by atoms with E-state index in [0.29, 0.717) is 32.3 Å². The molecule has 1 saturated carbocycles. The lowest BCUT2D eigenvalue weighted by Crippen LogP contribution is -2.41. The third-order valence-electron chi connectivity index (χ3n) is 3.73. The van der Waals surface area contributed by atoms with Gasteiger partial charge in [0.25, 0.3) is 10.2 Å². The summed E-state index contributed by atoms with van der Waals surface area (Å²) in [6, 6.07) is -0.0728. The van der Waals surface area contributed by atoms with Gasteiger partial charge in [-0.1, -0.05) is 6.42 Å². The van der Waals surface area contributed by atoms with Gasteiger partial charge in [-0.3, -0.25) is 0 Å². The summed E-state index contributed by atoms with van der Waals surface area (Å²) in [6.45, 7) is 0.763. The second kappa shape index (κ2) is 6.07. The minimum absolute atomic E-state index is 0.0922. The molecule has 0 radical (unpaired) electrons. The molecule has 2 aliphatic rings. The summed E-state index contributed by atoms with van der Waals surface area (Å²) in [4.78, 5) is 0. The molecule has 0 spiro atoms. The highest BCUT2D eigenvalue weighted by Crippen LogP contribution is 2.26. The first kappa shape index (κ1) is 15.2. The van der Waals surface area contributed by atoms with Crippen LogP contribution >= 0.6 is 0 Å². The number of nitrogens with one attached hydrogen (secondary N) is 1. The molecule has 2 rings (SSSR count). The Morgan fingerprint density at radius 3 is 2.58 bits per heavy atom. The smallest absolute Gasteiger partial charge is 0.427 e. The van der Waals surface area contributed by atoms with Crippen LogP contribution in [-0.4, -0.2) is 55.1 Å². The molecule has 1 aliphatic heterocycles. The molecule has 2 atom stereocenters. The largest absolute Gasteiger partial charge is 0.451 e. The topological polar surface area (TPSA) is 116 Å². The van der Waals surface area contributed by atoms with Crippen LogP contribution in [0.5, 0.6) is 0 Å². The van der Waals surface area contributed by atoms with Crippen molar-refractivity contribution in [3.05, 3.63) is 0 Å². The standard InChI is InChI=1S/C10H22BN3O4S/c12-10-7-14(19(17,18)13-9-3-4-9)6-8(10)2-1-5-11(15)16/h8-10,13,15-16H,1-7,12H2/t8-,10-/m0/s1. The molecule has 9 heteroatoms. The van der Waals surface area contributed by atoms with Crippen molar-refractivity contribution in [1.29, 1.82) is 0 Å². The Kier molecular flexibility index (Phi) is 4.86. The normalized spacial score (nSPS) is 28.8. The van der Waals surface area contributed by atoms with Gasteiger partial charge in [-0.15, -0.1) is 0 Å². The van der Waals surface area contributed by atoms with Crippen LogP contribution in [-0.2, 0) is 10.2 Å². The highest BCUT2D eigenvalue weighted by molar-refractivity contribution is 7.87. The van der Waals surface area contributed by atoms with Crippen LogP contribution in [0.25, 0.3) is 0 Å². The summed E-state index contributed by atoms with van der Waals surface area (Å²) >= 11 is 0. The maximum atomic E-state index is 12.0. The summed E-state index contributed by atoms with van der Waals surface area (Å²) < 4.78 is 28.1. The van der Waals surface area contributed by atoms with E-state index in [1.165, 1.54) is 4.31 Å². The van der Waals surface area contributed by atoms with E-state index in [-0.39, 0.29) is 18.0 Å². The molecule has 1 aliphatic carbocycles. The zero-order chi connectivity index (χ0) is 14.0. The molecule has 110 valence electrons. The predicted molar refractivity (Wildman–Crippen MR) is 72.3 cm³/mol. The molecule has 0 aromatic rings. The van der Waals surface area contributed by atoms with E-state index in [0.717, 1.165) is 12.8 Å². The predicted octanol–water partition coefficient (Wildman–Crippen LogP) is -1.50. The molecule has 0 bridgehead atoms. The van der Waals surface area contributed by atoms with Gasteiger partial charge >= 0.3 is 7.12 Å². The minimum atomic E-state index is -3.40. The first-order valence-electron chi connectivity index (χ1n) is 6.77. The summed E-state index contributed by atoms with van der Waals surface area (Å²) in [5.41, 5.74) is 5.97. The van der Waals surface area contributed by atoms with E-state index in [9.17, 15) is 8.42 Å². The third-order valence-corrected chi connectivity index (χ3v) is 5.34. The molecule has 2 fully saturated rings. The van der Waals surface area contributed by atoms with Gasteiger partial charge in [0.15, 0.2) is 0 Å². The first-order chi connectivity index (χ1) is 8.88. The number of hydrogen-bond donors (Lipinski definition) is 4. The van der Waals surface area contributed by atoms with E-state index < -0.39 is 17.3 Å². The maximum Gasteiger partial charge on any atom is 0.451 e. The fourth-order valence-electron chi connectivity index (χ4n) is 2.41. The Bertz CT molecular complexity index is 402. The molecule has 0 amide bonds. The van der Waals surface area contributed by atoms with Crippen LogP contribution in [0.15, 0.2) is 0 Å². The average Bonchev–Trinajstić information content (AvgIpc) is 3.01. The van der Waals surface area contributed by atoms with Crippen LogP contribution in [0, 0.1) is 5.92 Å². The summed E-state index contributed by atoms with van der Waals surface area (Å²) in [5.74, 6) is 0.0922. The van der Waals surface area contributed by atoms with Crippen molar-refractivity contribution in [2.24, 2.45) is 11.7 Å². The monoisotopic (exact) mass is 291 g/mol.